The van der Waals surface area contributed by atoms with Crippen LogP contribution in [0.15, 0.2) is 54.6 Å². The van der Waals surface area contributed by atoms with Gasteiger partial charge in [-0.25, -0.2) is 0 Å². The Bertz CT molecular complexity index is 863. The molecule has 1 aliphatic heterocycles. The third-order valence-corrected chi connectivity index (χ3v) is 5.01. The third kappa shape index (κ3) is 3.65. The van der Waals surface area contributed by atoms with Crippen molar-refractivity contribution >= 4 is 11.6 Å². The van der Waals surface area contributed by atoms with E-state index in [1.165, 1.54) is 0 Å². The molecule has 0 saturated carbocycles. The van der Waals surface area contributed by atoms with Gasteiger partial charge in [0.15, 0.2) is 5.82 Å². The van der Waals surface area contributed by atoms with Gasteiger partial charge in [-0.3, -0.25) is 4.90 Å². The molecule has 4 rings (SSSR count). The lowest BCUT2D eigenvalue weighted by Gasteiger charge is -2.32. The number of nitrogens with zero attached hydrogens (tertiary/aromatic N) is 4. The fraction of sp³-hybridized carbons (Fsp3) is 0.300. The standard InChI is InChI=1S/C20H21ClN4O/c1-24-19(22-23-20(24)16-5-3-2-4-6-16)14-25-11-12-26-18(13-25)15-7-9-17(21)10-8-15/h2-10,18H,11-14H2,1H3. The Hall–Kier alpha value is -2.21. The summed E-state index contributed by atoms with van der Waals surface area (Å²) in [4.78, 5) is 2.36. The Morgan fingerprint density at radius 1 is 1.08 bits per heavy atom. The first-order chi connectivity index (χ1) is 12.7. The van der Waals surface area contributed by atoms with Crippen molar-refractivity contribution < 1.29 is 4.74 Å². The molecular formula is C20H21ClN4O. The number of benzene rings is 2. The highest BCUT2D eigenvalue weighted by Crippen LogP contribution is 2.25. The predicted octanol–water partition coefficient (Wildman–Crippen LogP) is 3.71. The molecule has 1 aromatic heterocycles. The molecule has 1 atom stereocenters. The van der Waals surface area contributed by atoms with Crippen LogP contribution < -0.4 is 0 Å². The highest BCUT2D eigenvalue weighted by Gasteiger charge is 2.23. The van der Waals surface area contributed by atoms with Gasteiger partial charge < -0.3 is 9.30 Å². The molecular weight excluding hydrogens is 348 g/mol. The SMILES string of the molecule is Cn1c(CN2CCOC(c3ccc(Cl)cc3)C2)nnc1-c1ccccc1. The van der Waals surface area contributed by atoms with Gasteiger partial charge in [0.25, 0.3) is 0 Å². The van der Waals surface area contributed by atoms with Gasteiger partial charge in [-0.15, -0.1) is 10.2 Å². The molecule has 6 heteroatoms. The summed E-state index contributed by atoms with van der Waals surface area (Å²) in [6.45, 7) is 3.17. The van der Waals surface area contributed by atoms with Crippen LogP contribution >= 0.6 is 11.6 Å². The second-order valence-corrected chi connectivity index (χ2v) is 6.95. The minimum Gasteiger partial charge on any atom is -0.371 e. The molecule has 1 aliphatic rings. The van der Waals surface area contributed by atoms with Crippen LogP contribution in [0.4, 0.5) is 0 Å². The summed E-state index contributed by atoms with van der Waals surface area (Å²) in [5, 5.41) is 9.53. The molecule has 1 unspecified atom stereocenters. The van der Waals surface area contributed by atoms with Gasteiger partial charge in [-0.05, 0) is 17.7 Å². The van der Waals surface area contributed by atoms with Crippen LogP contribution in [-0.2, 0) is 18.3 Å². The number of morpholine rings is 1. The first-order valence-corrected chi connectivity index (χ1v) is 9.11. The molecule has 1 fully saturated rings. The van der Waals surface area contributed by atoms with Gasteiger partial charge in [0.1, 0.15) is 5.82 Å². The van der Waals surface area contributed by atoms with E-state index >= 15 is 0 Å². The van der Waals surface area contributed by atoms with Gasteiger partial charge in [-0.1, -0.05) is 54.1 Å². The van der Waals surface area contributed by atoms with Gasteiger partial charge in [0, 0.05) is 30.7 Å². The molecule has 3 aromatic rings. The van der Waals surface area contributed by atoms with Gasteiger partial charge in [-0.2, -0.15) is 0 Å². The maximum absolute atomic E-state index is 5.99. The van der Waals surface area contributed by atoms with Crippen LogP contribution in [0.25, 0.3) is 11.4 Å². The van der Waals surface area contributed by atoms with E-state index in [0.717, 1.165) is 47.4 Å². The fourth-order valence-electron chi connectivity index (χ4n) is 3.26. The lowest BCUT2D eigenvalue weighted by atomic mass is 10.1. The maximum Gasteiger partial charge on any atom is 0.163 e. The van der Waals surface area contributed by atoms with Gasteiger partial charge >= 0.3 is 0 Å². The summed E-state index contributed by atoms with van der Waals surface area (Å²) in [5.41, 5.74) is 2.23. The molecule has 0 spiro atoms. The second-order valence-electron chi connectivity index (χ2n) is 6.51. The molecule has 2 aromatic carbocycles. The van der Waals surface area contributed by atoms with Crippen molar-refractivity contribution in [1.82, 2.24) is 19.7 Å². The van der Waals surface area contributed by atoms with Crippen molar-refractivity contribution in [1.29, 1.82) is 0 Å². The first kappa shape index (κ1) is 17.2. The zero-order chi connectivity index (χ0) is 17.9. The molecule has 5 nitrogen and oxygen atoms in total. The van der Waals surface area contributed by atoms with Crippen LogP contribution in [0.2, 0.25) is 5.02 Å². The van der Waals surface area contributed by atoms with E-state index in [2.05, 4.69) is 31.8 Å². The highest BCUT2D eigenvalue weighted by atomic mass is 35.5. The van der Waals surface area contributed by atoms with Crippen molar-refractivity contribution in [3.63, 3.8) is 0 Å². The van der Waals surface area contributed by atoms with Crippen LogP contribution in [-0.4, -0.2) is 39.4 Å². The Labute approximate surface area is 158 Å². The fourth-order valence-corrected chi connectivity index (χ4v) is 3.39. The van der Waals surface area contributed by atoms with E-state index in [9.17, 15) is 0 Å². The average Bonchev–Trinajstić information content (AvgIpc) is 3.04. The van der Waals surface area contributed by atoms with Crippen molar-refractivity contribution in [2.75, 3.05) is 19.7 Å². The topological polar surface area (TPSA) is 43.2 Å². The van der Waals surface area contributed by atoms with Crippen molar-refractivity contribution in [3.05, 3.63) is 71.0 Å². The number of ether oxygens (including phenoxy) is 1. The number of aromatic nitrogens is 3. The molecule has 26 heavy (non-hydrogen) atoms. The third-order valence-electron chi connectivity index (χ3n) is 4.75. The smallest absolute Gasteiger partial charge is 0.163 e. The van der Waals surface area contributed by atoms with E-state index in [0.29, 0.717) is 6.61 Å². The molecule has 0 bridgehead atoms. The Balaban J connectivity index is 1.47. The van der Waals surface area contributed by atoms with Crippen LogP contribution in [0.5, 0.6) is 0 Å². The summed E-state index contributed by atoms with van der Waals surface area (Å²) in [6.07, 6.45) is 0.0582. The molecule has 1 saturated heterocycles. The Morgan fingerprint density at radius 2 is 1.85 bits per heavy atom. The van der Waals surface area contributed by atoms with E-state index in [1.54, 1.807) is 0 Å². The molecule has 0 radical (unpaired) electrons. The zero-order valence-corrected chi connectivity index (χ0v) is 15.4. The Kier molecular flexibility index (Phi) is 5.02. The van der Waals surface area contributed by atoms with E-state index in [4.69, 9.17) is 16.3 Å². The summed E-state index contributed by atoms with van der Waals surface area (Å²) >= 11 is 5.99. The summed E-state index contributed by atoms with van der Waals surface area (Å²) < 4.78 is 8.02. The predicted molar refractivity (Wildman–Crippen MR) is 102 cm³/mol. The summed E-state index contributed by atoms with van der Waals surface area (Å²) in [6, 6.07) is 18.0. The van der Waals surface area contributed by atoms with Crippen molar-refractivity contribution in [3.8, 4) is 11.4 Å². The summed E-state index contributed by atoms with van der Waals surface area (Å²) in [7, 11) is 2.02. The minimum atomic E-state index is 0.0582. The molecule has 2 heterocycles. The lowest BCUT2D eigenvalue weighted by Crippen LogP contribution is -2.38. The van der Waals surface area contributed by atoms with Gasteiger partial charge in [0.05, 0.1) is 19.3 Å². The first-order valence-electron chi connectivity index (χ1n) is 8.74. The molecule has 0 aliphatic carbocycles. The highest BCUT2D eigenvalue weighted by molar-refractivity contribution is 6.30. The number of hydrogen-bond acceptors (Lipinski definition) is 4. The number of rotatable bonds is 4. The molecule has 0 amide bonds. The monoisotopic (exact) mass is 368 g/mol. The van der Waals surface area contributed by atoms with Crippen LogP contribution in [0.1, 0.15) is 17.5 Å². The zero-order valence-electron chi connectivity index (χ0n) is 14.7. The normalized spacial score (nSPS) is 18.2. The van der Waals surface area contributed by atoms with Crippen LogP contribution in [0, 0.1) is 0 Å². The largest absolute Gasteiger partial charge is 0.371 e. The average molecular weight is 369 g/mol. The lowest BCUT2D eigenvalue weighted by molar-refractivity contribution is -0.0339. The molecule has 134 valence electrons. The Morgan fingerprint density at radius 3 is 2.62 bits per heavy atom. The molecule has 0 N–H and O–H groups in total. The van der Waals surface area contributed by atoms with E-state index in [-0.39, 0.29) is 6.10 Å². The van der Waals surface area contributed by atoms with Crippen molar-refractivity contribution in [2.24, 2.45) is 7.05 Å². The maximum atomic E-state index is 5.99. The van der Waals surface area contributed by atoms with Gasteiger partial charge in [0.2, 0.25) is 0 Å². The number of hydrogen-bond donors (Lipinski definition) is 0. The van der Waals surface area contributed by atoms with E-state index in [1.807, 2.05) is 49.5 Å². The minimum absolute atomic E-state index is 0.0582. The quantitative estimate of drug-likeness (QED) is 0.704. The van der Waals surface area contributed by atoms with Crippen molar-refractivity contribution in [2.45, 2.75) is 12.6 Å². The summed E-state index contributed by atoms with van der Waals surface area (Å²) in [5.74, 6) is 1.85. The number of halogens is 1. The van der Waals surface area contributed by atoms with E-state index < -0.39 is 0 Å². The second kappa shape index (κ2) is 7.58. The van der Waals surface area contributed by atoms with Crippen LogP contribution in [0.3, 0.4) is 0 Å².